The molecule has 156 valence electrons. The zero-order valence-corrected chi connectivity index (χ0v) is 17.1. The fourth-order valence-corrected chi connectivity index (χ4v) is 3.79. The van der Waals surface area contributed by atoms with E-state index in [9.17, 15) is 4.79 Å². The highest BCUT2D eigenvalue weighted by atomic mass is 16.5. The molecule has 7 heteroatoms. The second kappa shape index (κ2) is 10.9. The van der Waals surface area contributed by atoms with Crippen molar-refractivity contribution in [3.63, 3.8) is 0 Å². The normalized spacial score (nSPS) is 17.9. The van der Waals surface area contributed by atoms with Crippen LogP contribution in [0, 0.1) is 0 Å². The lowest BCUT2D eigenvalue weighted by molar-refractivity contribution is -0.120. The summed E-state index contributed by atoms with van der Waals surface area (Å²) in [6.45, 7) is 7.70. The van der Waals surface area contributed by atoms with Crippen LogP contribution in [0.1, 0.15) is 24.1 Å². The van der Waals surface area contributed by atoms with Crippen LogP contribution in [0.2, 0.25) is 0 Å². The van der Waals surface area contributed by atoms with E-state index in [4.69, 9.17) is 10.5 Å². The van der Waals surface area contributed by atoms with Crippen LogP contribution in [0.25, 0.3) is 0 Å². The number of piperazine rings is 1. The molecule has 2 heterocycles. The van der Waals surface area contributed by atoms with E-state index in [0.717, 1.165) is 37.4 Å². The first-order valence-corrected chi connectivity index (χ1v) is 10.2. The van der Waals surface area contributed by atoms with Crippen molar-refractivity contribution in [2.45, 2.75) is 19.5 Å². The molecule has 1 amide bonds. The third-order valence-electron chi connectivity index (χ3n) is 5.16. The molecule has 0 saturated carbocycles. The number of rotatable bonds is 10. The zero-order chi connectivity index (χ0) is 20.5. The van der Waals surface area contributed by atoms with Crippen LogP contribution in [0.3, 0.4) is 0 Å². The fourth-order valence-electron chi connectivity index (χ4n) is 3.79. The van der Waals surface area contributed by atoms with Gasteiger partial charge in [-0.2, -0.15) is 0 Å². The fraction of sp³-hybridized carbons (Fsp3) is 0.455. The number of aromatic nitrogens is 1. The highest BCUT2D eigenvalue weighted by Gasteiger charge is 2.30. The average Bonchev–Trinajstić information content (AvgIpc) is 2.73. The maximum Gasteiger partial charge on any atom is 0.231 e. The quantitative estimate of drug-likeness (QED) is 0.596. The standard InChI is InChI=1S/C22H31N5O2/c1-2-29-13-10-25-20-14-24-9-8-19(20)21-16-26(11-12-27(21)17-22(23)28)15-18-6-4-3-5-7-18/h3-9,14,21,25H,2,10-13,15-17H2,1H3,(H2,23,28). The van der Waals surface area contributed by atoms with Gasteiger partial charge in [0.25, 0.3) is 0 Å². The first kappa shape index (κ1) is 21.2. The summed E-state index contributed by atoms with van der Waals surface area (Å²) in [6, 6.07) is 12.6. The first-order chi connectivity index (χ1) is 14.2. The average molecular weight is 398 g/mol. The number of ether oxygens (including phenoxy) is 1. The minimum Gasteiger partial charge on any atom is -0.381 e. The minimum atomic E-state index is -0.300. The SMILES string of the molecule is CCOCCNc1cnccc1C1CN(Cc2ccccc2)CCN1CC(N)=O. The Morgan fingerprint density at radius 1 is 1.28 bits per heavy atom. The van der Waals surface area contributed by atoms with Crippen LogP contribution in [0.5, 0.6) is 0 Å². The van der Waals surface area contributed by atoms with Crippen molar-refractivity contribution in [2.75, 3.05) is 51.3 Å². The van der Waals surface area contributed by atoms with E-state index >= 15 is 0 Å². The summed E-state index contributed by atoms with van der Waals surface area (Å²) in [5.41, 5.74) is 8.94. The second-order valence-corrected chi connectivity index (χ2v) is 7.26. The van der Waals surface area contributed by atoms with Gasteiger partial charge in [0.05, 0.1) is 31.1 Å². The predicted molar refractivity (Wildman–Crippen MR) is 114 cm³/mol. The number of nitrogens with two attached hydrogens (primary N) is 1. The van der Waals surface area contributed by atoms with E-state index < -0.39 is 0 Å². The lowest BCUT2D eigenvalue weighted by atomic mass is 10.0. The molecule has 29 heavy (non-hydrogen) atoms. The maximum absolute atomic E-state index is 11.7. The Morgan fingerprint density at radius 3 is 2.86 bits per heavy atom. The van der Waals surface area contributed by atoms with Crippen LogP contribution in [-0.4, -0.2) is 66.6 Å². The second-order valence-electron chi connectivity index (χ2n) is 7.26. The number of benzene rings is 1. The number of amides is 1. The molecule has 1 aliphatic rings. The third-order valence-corrected chi connectivity index (χ3v) is 5.16. The summed E-state index contributed by atoms with van der Waals surface area (Å²) in [4.78, 5) is 20.6. The molecule has 0 bridgehead atoms. The van der Waals surface area contributed by atoms with Crippen LogP contribution in [-0.2, 0) is 16.1 Å². The molecule has 1 fully saturated rings. The van der Waals surface area contributed by atoms with Gasteiger partial charge in [0.2, 0.25) is 5.91 Å². The largest absolute Gasteiger partial charge is 0.381 e. The third kappa shape index (κ3) is 6.25. The van der Waals surface area contributed by atoms with Gasteiger partial charge in [-0.1, -0.05) is 30.3 Å². The molecule has 3 N–H and O–H groups in total. The van der Waals surface area contributed by atoms with E-state index in [1.54, 1.807) is 0 Å². The van der Waals surface area contributed by atoms with Crippen molar-refractivity contribution in [2.24, 2.45) is 5.73 Å². The summed E-state index contributed by atoms with van der Waals surface area (Å²) >= 11 is 0. The van der Waals surface area contributed by atoms with E-state index in [0.29, 0.717) is 19.8 Å². The number of primary amides is 1. The molecular formula is C22H31N5O2. The van der Waals surface area contributed by atoms with Gasteiger partial charge in [0, 0.05) is 45.5 Å². The maximum atomic E-state index is 11.7. The monoisotopic (exact) mass is 397 g/mol. The van der Waals surface area contributed by atoms with Gasteiger partial charge in [0.1, 0.15) is 0 Å². The Hall–Kier alpha value is -2.48. The molecule has 3 rings (SSSR count). The van der Waals surface area contributed by atoms with Crippen molar-refractivity contribution in [1.29, 1.82) is 0 Å². The van der Waals surface area contributed by atoms with Gasteiger partial charge < -0.3 is 15.8 Å². The van der Waals surface area contributed by atoms with E-state index in [1.165, 1.54) is 5.56 Å². The minimum absolute atomic E-state index is 0.0672. The van der Waals surface area contributed by atoms with Crippen molar-refractivity contribution >= 4 is 11.6 Å². The topological polar surface area (TPSA) is 83.7 Å². The summed E-state index contributed by atoms with van der Waals surface area (Å²) < 4.78 is 5.44. The van der Waals surface area contributed by atoms with Gasteiger partial charge in [-0.3, -0.25) is 19.6 Å². The predicted octanol–water partition coefficient (Wildman–Crippen LogP) is 1.87. The molecule has 7 nitrogen and oxygen atoms in total. The first-order valence-electron chi connectivity index (χ1n) is 10.2. The van der Waals surface area contributed by atoms with Crippen molar-refractivity contribution in [3.05, 3.63) is 59.9 Å². The summed E-state index contributed by atoms with van der Waals surface area (Å²) in [6.07, 6.45) is 3.65. The zero-order valence-electron chi connectivity index (χ0n) is 17.1. The summed E-state index contributed by atoms with van der Waals surface area (Å²) in [7, 11) is 0. The number of nitrogens with one attached hydrogen (secondary N) is 1. The van der Waals surface area contributed by atoms with Gasteiger partial charge in [0.15, 0.2) is 0 Å². The smallest absolute Gasteiger partial charge is 0.231 e. The van der Waals surface area contributed by atoms with Gasteiger partial charge in [-0.25, -0.2) is 0 Å². The van der Waals surface area contributed by atoms with Crippen LogP contribution in [0.4, 0.5) is 5.69 Å². The number of nitrogens with zero attached hydrogens (tertiary/aromatic N) is 3. The van der Waals surface area contributed by atoms with Gasteiger partial charge in [-0.05, 0) is 24.1 Å². The van der Waals surface area contributed by atoms with Crippen molar-refractivity contribution in [3.8, 4) is 0 Å². The lowest BCUT2D eigenvalue weighted by Gasteiger charge is -2.41. The molecule has 2 aromatic rings. The Kier molecular flexibility index (Phi) is 7.98. The number of anilines is 1. The molecule has 1 atom stereocenters. The lowest BCUT2D eigenvalue weighted by Crippen LogP contribution is -2.50. The van der Waals surface area contributed by atoms with Crippen LogP contribution < -0.4 is 11.1 Å². The number of carbonyl (C=O) groups excluding carboxylic acids is 1. The van der Waals surface area contributed by atoms with Gasteiger partial charge in [-0.15, -0.1) is 0 Å². The van der Waals surface area contributed by atoms with Crippen molar-refractivity contribution < 1.29 is 9.53 Å². The molecule has 1 saturated heterocycles. The van der Waals surface area contributed by atoms with Crippen molar-refractivity contribution in [1.82, 2.24) is 14.8 Å². The van der Waals surface area contributed by atoms with E-state index in [1.807, 2.05) is 31.5 Å². The van der Waals surface area contributed by atoms with E-state index in [-0.39, 0.29) is 18.5 Å². The Morgan fingerprint density at radius 2 is 2.10 bits per heavy atom. The Labute approximate surface area is 172 Å². The molecule has 0 spiro atoms. The van der Waals surface area contributed by atoms with Crippen LogP contribution in [0.15, 0.2) is 48.8 Å². The Bertz CT molecular complexity index is 771. The number of pyridine rings is 1. The molecule has 1 aromatic heterocycles. The highest BCUT2D eigenvalue weighted by Crippen LogP contribution is 2.30. The molecular weight excluding hydrogens is 366 g/mol. The van der Waals surface area contributed by atoms with E-state index in [2.05, 4.69) is 44.4 Å². The molecule has 0 radical (unpaired) electrons. The summed E-state index contributed by atoms with van der Waals surface area (Å²) in [5.74, 6) is -0.300. The number of hydrogen-bond donors (Lipinski definition) is 2. The summed E-state index contributed by atoms with van der Waals surface area (Å²) in [5, 5.41) is 3.43. The number of hydrogen-bond acceptors (Lipinski definition) is 6. The van der Waals surface area contributed by atoms with Gasteiger partial charge >= 0.3 is 0 Å². The molecule has 1 aliphatic heterocycles. The molecule has 1 unspecified atom stereocenters. The van der Waals surface area contributed by atoms with Crippen LogP contribution >= 0.6 is 0 Å². The number of carbonyl (C=O) groups is 1. The molecule has 1 aromatic carbocycles. The molecule has 0 aliphatic carbocycles. The Balaban J connectivity index is 1.77. The highest BCUT2D eigenvalue weighted by molar-refractivity contribution is 5.76.